The summed E-state index contributed by atoms with van der Waals surface area (Å²) in [5.74, 6) is 2.06. The molecule has 2 aromatic rings. The van der Waals surface area contributed by atoms with Gasteiger partial charge in [-0.2, -0.15) is 4.98 Å². The Kier molecular flexibility index (Phi) is 3.52. The van der Waals surface area contributed by atoms with Crippen molar-refractivity contribution in [3.63, 3.8) is 0 Å². The van der Waals surface area contributed by atoms with E-state index in [0.717, 1.165) is 30.7 Å². The predicted molar refractivity (Wildman–Crippen MR) is 81.9 cm³/mol. The Bertz CT molecular complexity index is 702. The van der Waals surface area contributed by atoms with Gasteiger partial charge in [0.1, 0.15) is 5.75 Å². The van der Waals surface area contributed by atoms with Crippen LogP contribution in [0.3, 0.4) is 0 Å². The first-order chi connectivity index (χ1) is 11.3. The van der Waals surface area contributed by atoms with Crippen LogP contribution in [0.1, 0.15) is 43.1 Å². The van der Waals surface area contributed by atoms with E-state index in [0.29, 0.717) is 24.6 Å². The van der Waals surface area contributed by atoms with E-state index < -0.39 is 6.10 Å². The van der Waals surface area contributed by atoms with Crippen molar-refractivity contribution in [3.05, 3.63) is 41.5 Å². The fraction of sp³-hybridized carbons (Fsp3) is 0.471. The number of likely N-dealkylation sites (tertiary alicyclic amines) is 1. The third-order valence-corrected chi connectivity index (χ3v) is 4.54. The molecule has 0 bridgehead atoms. The zero-order valence-corrected chi connectivity index (χ0v) is 13.1. The van der Waals surface area contributed by atoms with Gasteiger partial charge in [-0.1, -0.05) is 30.3 Å². The van der Waals surface area contributed by atoms with Crippen molar-refractivity contribution in [2.45, 2.75) is 44.8 Å². The lowest BCUT2D eigenvalue weighted by molar-refractivity contribution is -0.139. The summed E-state index contributed by atoms with van der Waals surface area (Å²) >= 11 is 0. The largest absolute Gasteiger partial charge is 0.480 e. The quantitative estimate of drug-likeness (QED) is 0.869. The van der Waals surface area contributed by atoms with Crippen LogP contribution in [0.4, 0.5) is 0 Å². The van der Waals surface area contributed by atoms with Crippen LogP contribution in [0, 0.1) is 0 Å². The average molecular weight is 313 g/mol. The fourth-order valence-corrected chi connectivity index (χ4v) is 3.35. The van der Waals surface area contributed by atoms with Gasteiger partial charge in [0, 0.05) is 19.4 Å². The molecule has 1 saturated heterocycles. The predicted octanol–water partition coefficient (Wildman–Crippen LogP) is 2.30. The molecule has 0 N–H and O–H groups in total. The van der Waals surface area contributed by atoms with E-state index in [9.17, 15) is 4.79 Å². The number of aromatic nitrogens is 2. The van der Waals surface area contributed by atoms with E-state index in [1.54, 1.807) is 0 Å². The minimum absolute atomic E-state index is 0.0200. The second-order valence-electron chi connectivity index (χ2n) is 6.01. The van der Waals surface area contributed by atoms with Gasteiger partial charge in [-0.15, -0.1) is 0 Å². The second kappa shape index (κ2) is 5.68. The highest BCUT2D eigenvalue weighted by Crippen LogP contribution is 2.34. The van der Waals surface area contributed by atoms with Gasteiger partial charge in [-0.05, 0) is 24.5 Å². The van der Waals surface area contributed by atoms with Crippen molar-refractivity contribution in [1.82, 2.24) is 15.0 Å². The molecule has 0 aliphatic carbocycles. The zero-order valence-electron chi connectivity index (χ0n) is 13.1. The Morgan fingerprint density at radius 2 is 2.26 bits per heavy atom. The summed E-state index contributed by atoms with van der Waals surface area (Å²) in [5.41, 5.74) is 1.09. The van der Waals surface area contributed by atoms with Crippen LogP contribution in [-0.2, 0) is 17.6 Å². The number of ether oxygens (including phenoxy) is 1. The molecule has 2 aliphatic heterocycles. The van der Waals surface area contributed by atoms with Gasteiger partial charge < -0.3 is 14.2 Å². The SMILES string of the molecule is CCc1nc([C@@H]2CCCN2C(=O)[C@@H]2Cc3ccccc3O2)no1. The van der Waals surface area contributed by atoms with E-state index in [2.05, 4.69) is 10.1 Å². The first kappa shape index (κ1) is 14.2. The van der Waals surface area contributed by atoms with E-state index in [1.807, 2.05) is 36.1 Å². The van der Waals surface area contributed by atoms with Gasteiger partial charge in [0.2, 0.25) is 5.89 Å². The third-order valence-electron chi connectivity index (χ3n) is 4.54. The summed E-state index contributed by atoms with van der Waals surface area (Å²) in [6, 6.07) is 7.72. The highest BCUT2D eigenvalue weighted by molar-refractivity contribution is 5.83. The van der Waals surface area contributed by atoms with Crippen molar-refractivity contribution in [1.29, 1.82) is 0 Å². The molecule has 2 atom stereocenters. The average Bonchev–Trinajstić information content (AvgIpc) is 3.30. The van der Waals surface area contributed by atoms with E-state index in [4.69, 9.17) is 9.26 Å². The molecule has 0 saturated carbocycles. The van der Waals surface area contributed by atoms with Gasteiger partial charge in [0.25, 0.3) is 5.91 Å². The molecule has 3 heterocycles. The van der Waals surface area contributed by atoms with Crippen molar-refractivity contribution < 1.29 is 14.1 Å². The van der Waals surface area contributed by atoms with Crippen LogP contribution in [0.15, 0.2) is 28.8 Å². The molecule has 0 unspecified atom stereocenters. The maximum absolute atomic E-state index is 12.9. The number of amides is 1. The van der Waals surface area contributed by atoms with E-state index >= 15 is 0 Å². The number of rotatable bonds is 3. The zero-order chi connectivity index (χ0) is 15.8. The van der Waals surface area contributed by atoms with Crippen molar-refractivity contribution >= 4 is 5.91 Å². The number of hydrogen-bond acceptors (Lipinski definition) is 5. The number of fused-ring (bicyclic) bond motifs is 1. The number of nitrogens with zero attached hydrogens (tertiary/aromatic N) is 3. The van der Waals surface area contributed by atoms with Crippen molar-refractivity contribution in [3.8, 4) is 5.75 Å². The summed E-state index contributed by atoms with van der Waals surface area (Å²) in [4.78, 5) is 19.1. The Morgan fingerprint density at radius 1 is 1.39 bits per heavy atom. The standard InChI is InChI=1S/C17H19N3O3/c1-2-15-18-16(19-23-15)12-7-5-9-20(12)17(21)14-10-11-6-3-4-8-13(11)22-14/h3-4,6,8,12,14H,2,5,7,9-10H2,1H3/t12-,14-/m0/s1. The Balaban J connectivity index is 1.52. The van der Waals surface area contributed by atoms with Gasteiger partial charge in [-0.25, -0.2) is 0 Å². The van der Waals surface area contributed by atoms with Gasteiger partial charge in [0.05, 0.1) is 6.04 Å². The molecule has 6 heteroatoms. The number of aryl methyl sites for hydroxylation is 1. The van der Waals surface area contributed by atoms with E-state index in [1.165, 1.54) is 0 Å². The molecule has 120 valence electrons. The molecule has 1 amide bonds. The molecule has 23 heavy (non-hydrogen) atoms. The smallest absolute Gasteiger partial charge is 0.264 e. The number of hydrogen-bond donors (Lipinski definition) is 0. The summed E-state index contributed by atoms with van der Waals surface area (Å²) in [5, 5.41) is 4.05. The van der Waals surface area contributed by atoms with Gasteiger partial charge in [0.15, 0.2) is 11.9 Å². The summed E-state index contributed by atoms with van der Waals surface area (Å²) in [7, 11) is 0. The number of benzene rings is 1. The van der Waals surface area contributed by atoms with Gasteiger partial charge >= 0.3 is 0 Å². The Hall–Kier alpha value is -2.37. The number of carbonyl (C=O) groups is 1. The highest BCUT2D eigenvalue weighted by Gasteiger charge is 2.39. The van der Waals surface area contributed by atoms with Crippen LogP contribution in [0.2, 0.25) is 0 Å². The first-order valence-electron chi connectivity index (χ1n) is 8.13. The van der Waals surface area contributed by atoms with Crippen LogP contribution < -0.4 is 4.74 Å². The topological polar surface area (TPSA) is 68.5 Å². The first-order valence-corrected chi connectivity index (χ1v) is 8.13. The molecule has 1 aromatic heterocycles. The molecule has 4 rings (SSSR count). The normalized spacial score (nSPS) is 22.9. The Morgan fingerprint density at radius 3 is 3.04 bits per heavy atom. The molecule has 1 aromatic carbocycles. The lowest BCUT2D eigenvalue weighted by Gasteiger charge is -2.25. The molecular weight excluding hydrogens is 294 g/mol. The van der Waals surface area contributed by atoms with Crippen LogP contribution in [-0.4, -0.2) is 33.6 Å². The number of para-hydroxylation sites is 1. The van der Waals surface area contributed by atoms with E-state index in [-0.39, 0.29) is 11.9 Å². The Labute approximate surface area is 134 Å². The van der Waals surface area contributed by atoms with Crippen LogP contribution >= 0.6 is 0 Å². The molecule has 1 fully saturated rings. The molecule has 2 aliphatic rings. The van der Waals surface area contributed by atoms with Crippen molar-refractivity contribution in [2.75, 3.05) is 6.54 Å². The van der Waals surface area contributed by atoms with Crippen molar-refractivity contribution in [2.24, 2.45) is 0 Å². The van der Waals surface area contributed by atoms with Crippen LogP contribution in [0.5, 0.6) is 5.75 Å². The summed E-state index contributed by atoms with van der Waals surface area (Å²) in [6.45, 7) is 2.69. The molecule has 0 spiro atoms. The van der Waals surface area contributed by atoms with Gasteiger partial charge in [-0.3, -0.25) is 4.79 Å². The lowest BCUT2D eigenvalue weighted by Crippen LogP contribution is -2.41. The summed E-state index contributed by atoms with van der Waals surface area (Å²) in [6.07, 6.45) is 2.71. The maximum Gasteiger partial charge on any atom is 0.264 e. The monoisotopic (exact) mass is 313 g/mol. The maximum atomic E-state index is 12.9. The molecular formula is C17H19N3O3. The molecule has 6 nitrogen and oxygen atoms in total. The number of carbonyl (C=O) groups excluding carboxylic acids is 1. The molecule has 0 radical (unpaired) electrons. The fourth-order valence-electron chi connectivity index (χ4n) is 3.35. The highest BCUT2D eigenvalue weighted by atomic mass is 16.5. The minimum Gasteiger partial charge on any atom is -0.480 e. The summed E-state index contributed by atoms with van der Waals surface area (Å²) < 4.78 is 11.0. The third kappa shape index (κ3) is 2.48. The lowest BCUT2D eigenvalue weighted by atomic mass is 10.1. The second-order valence-corrected chi connectivity index (χ2v) is 6.01. The van der Waals surface area contributed by atoms with Crippen LogP contribution in [0.25, 0.3) is 0 Å². The minimum atomic E-state index is -0.439.